The van der Waals surface area contributed by atoms with Gasteiger partial charge < -0.3 is 20.7 Å². The third-order valence-corrected chi connectivity index (χ3v) is 4.53. The number of carbonyl (C=O) groups is 3. The molecule has 0 spiro atoms. The Morgan fingerprint density at radius 1 is 1.15 bits per heavy atom. The molecule has 0 saturated carbocycles. The quantitative estimate of drug-likeness (QED) is 0.539. The van der Waals surface area contributed by atoms with Crippen molar-refractivity contribution < 1.29 is 19.5 Å². The molecule has 2 amide bonds. The molecule has 0 bridgehead atoms. The van der Waals surface area contributed by atoms with E-state index in [4.69, 9.17) is 5.11 Å². The summed E-state index contributed by atoms with van der Waals surface area (Å²) in [5.74, 6) is -2.24. The van der Waals surface area contributed by atoms with Gasteiger partial charge in [0.15, 0.2) is 0 Å². The van der Waals surface area contributed by atoms with E-state index < -0.39 is 23.8 Å². The molecule has 27 heavy (non-hydrogen) atoms. The summed E-state index contributed by atoms with van der Waals surface area (Å²) in [6.45, 7) is 3.87. The van der Waals surface area contributed by atoms with Gasteiger partial charge in [-0.3, -0.25) is 14.4 Å². The number of aliphatic carboxylic acids is 1. The highest BCUT2D eigenvalue weighted by Gasteiger charge is 2.28. The number of H-pyrrole nitrogens is 1. The number of likely N-dealkylation sites (N-methyl/N-ethyl adjacent to an activating group) is 1. The van der Waals surface area contributed by atoms with Crippen LogP contribution in [0.5, 0.6) is 0 Å². The Morgan fingerprint density at radius 3 is 2.48 bits per heavy atom. The van der Waals surface area contributed by atoms with E-state index in [0.29, 0.717) is 12.8 Å². The third kappa shape index (κ3) is 5.57. The minimum Gasteiger partial charge on any atom is -0.481 e. The summed E-state index contributed by atoms with van der Waals surface area (Å²) >= 11 is 0. The number of para-hydroxylation sites is 1. The number of nitrogens with one attached hydrogen (secondary N) is 3. The zero-order chi connectivity index (χ0) is 20.0. The summed E-state index contributed by atoms with van der Waals surface area (Å²) in [4.78, 5) is 39.3. The maximum Gasteiger partial charge on any atom is 0.304 e. The molecule has 0 aliphatic carbocycles. The Labute approximate surface area is 158 Å². The summed E-state index contributed by atoms with van der Waals surface area (Å²) in [7, 11) is 1.51. The third-order valence-electron chi connectivity index (χ3n) is 4.53. The lowest BCUT2D eigenvalue weighted by Crippen LogP contribution is -2.49. The molecule has 7 nitrogen and oxygen atoms in total. The van der Waals surface area contributed by atoms with E-state index in [1.165, 1.54) is 7.05 Å². The maximum atomic E-state index is 12.7. The first-order valence-electron chi connectivity index (χ1n) is 9.10. The average Bonchev–Trinajstić information content (AvgIpc) is 3.02. The van der Waals surface area contributed by atoms with Crippen molar-refractivity contribution in [2.45, 2.75) is 39.2 Å². The lowest BCUT2D eigenvalue weighted by atomic mass is 9.92. The van der Waals surface area contributed by atoms with Gasteiger partial charge >= 0.3 is 5.97 Å². The highest BCUT2D eigenvalue weighted by Crippen LogP contribution is 2.20. The number of hydrogen-bond acceptors (Lipinski definition) is 3. The fraction of sp³-hybridized carbons (Fsp3) is 0.450. The van der Waals surface area contributed by atoms with Crippen molar-refractivity contribution in [2.24, 2.45) is 11.8 Å². The Balaban J connectivity index is 2.19. The van der Waals surface area contributed by atoms with Crippen LogP contribution in [0, 0.1) is 11.8 Å². The zero-order valence-corrected chi connectivity index (χ0v) is 15.9. The van der Waals surface area contributed by atoms with Gasteiger partial charge in [0.1, 0.15) is 6.04 Å². The van der Waals surface area contributed by atoms with Crippen LogP contribution in [0.2, 0.25) is 0 Å². The molecule has 0 aliphatic heterocycles. The zero-order valence-electron chi connectivity index (χ0n) is 15.9. The molecule has 0 saturated heterocycles. The smallest absolute Gasteiger partial charge is 0.304 e. The predicted octanol–water partition coefficient (Wildman–Crippen LogP) is 2.08. The Kier molecular flexibility index (Phi) is 6.98. The number of aromatic amines is 1. The molecule has 0 fully saturated rings. The minimum absolute atomic E-state index is 0.173. The fourth-order valence-corrected chi connectivity index (χ4v) is 3.26. The largest absolute Gasteiger partial charge is 0.481 e. The van der Waals surface area contributed by atoms with Crippen LogP contribution in [-0.2, 0) is 20.8 Å². The molecule has 1 aromatic heterocycles. The van der Waals surface area contributed by atoms with Gasteiger partial charge in [-0.05, 0) is 24.0 Å². The van der Waals surface area contributed by atoms with Crippen LogP contribution in [0.15, 0.2) is 30.5 Å². The molecular weight excluding hydrogens is 346 g/mol. The van der Waals surface area contributed by atoms with Gasteiger partial charge in [0.25, 0.3) is 0 Å². The topological polar surface area (TPSA) is 111 Å². The Hall–Kier alpha value is -2.83. The van der Waals surface area contributed by atoms with Gasteiger partial charge in [0.2, 0.25) is 11.8 Å². The second kappa shape index (κ2) is 9.21. The van der Waals surface area contributed by atoms with Gasteiger partial charge in [0, 0.05) is 36.5 Å². The highest BCUT2D eigenvalue weighted by molar-refractivity contribution is 5.91. The van der Waals surface area contributed by atoms with Crippen molar-refractivity contribution in [3.63, 3.8) is 0 Å². The number of carboxylic acids is 1. The lowest BCUT2D eigenvalue weighted by Gasteiger charge is -2.22. The molecular formula is C20H27N3O4. The van der Waals surface area contributed by atoms with E-state index in [2.05, 4.69) is 15.6 Å². The summed E-state index contributed by atoms with van der Waals surface area (Å²) in [5, 5.41) is 15.4. The second-order valence-corrected chi connectivity index (χ2v) is 7.16. The highest BCUT2D eigenvalue weighted by atomic mass is 16.4. The van der Waals surface area contributed by atoms with Crippen LogP contribution in [-0.4, -0.2) is 41.0 Å². The number of rotatable bonds is 9. The molecule has 2 aromatic rings. The lowest BCUT2D eigenvalue weighted by molar-refractivity contribution is -0.141. The maximum absolute atomic E-state index is 12.7. The molecule has 4 N–H and O–H groups in total. The molecule has 7 heteroatoms. The number of carboxylic acid groups (broad SMARTS) is 1. The molecule has 1 aromatic carbocycles. The molecule has 2 rings (SSSR count). The first-order valence-corrected chi connectivity index (χ1v) is 9.10. The summed E-state index contributed by atoms with van der Waals surface area (Å²) < 4.78 is 0. The number of carbonyl (C=O) groups excluding carboxylic acids is 2. The molecule has 146 valence electrons. The molecule has 0 unspecified atom stereocenters. The van der Waals surface area contributed by atoms with Gasteiger partial charge in [-0.15, -0.1) is 0 Å². The van der Waals surface area contributed by atoms with Crippen molar-refractivity contribution in [3.05, 3.63) is 36.0 Å². The molecule has 0 aliphatic rings. The molecule has 2 atom stereocenters. The van der Waals surface area contributed by atoms with Crippen LogP contribution >= 0.6 is 0 Å². The number of hydrogen-bond donors (Lipinski definition) is 4. The van der Waals surface area contributed by atoms with E-state index in [9.17, 15) is 14.4 Å². The number of fused-ring (bicyclic) bond motifs is 1. The van der Waals surface area contributed by atoms with Crippen molar-refractivity contribution in [1.29, 1.82) is 0 Å². The monoisotopic (exact) mass is 373 g/mol. The predicted molar refractivity (Wildman–Crippen MR) is 103 cm³/mol. The van der Waals surface area contributed by atoms with Crippen LogP contribution in [0.1, 0.15) is 32.3 Å². The fourth-order valence-electron chi connectivity index (χ4n) is 3.26. The van der Waals surface area contributed by atoms with Crippen LogP contribution in [0.4, 0.5) is 0 Å². The Bertz CT molecular complexity index is 812. The van der Waals surface area contributed by atoms with E-state index in [1.807, 2.05) is 44.3 Å². The van der Waals surface area contributed by atoms with Crippen LogP contribution in [0.25, 0.3) is 10.9 Å². The second-order valence-electron chi connectivity index (χ2n) is 7.16. The number of amides is 2. The molecule has 0 radical (unpaired) electrons. The van der Waals surface area contributed by atoms with Gasteiger partial charge in [-0.2, -0.15) is 0 Å². The van der Waals surface area contributed by atoms with E-state index in [-0.39, 0.29) is 18.2 Å². The van der Waals surface area contributed by atoms with Crippen molar-refractivity contribution in [1.82, 2.24) is 15.6 Å². The van der Waals surface area contributed by atoms with Crippen molar-refractivity contribution >= 4 is 28.7 Å². The van der Waals surface area contributed by atoms with Gasteiger partial charge in [-0.1, -0.05) is 32.0 Å². The van der Waals surface area contributed by atoms with Crippen molar-refractivity contribution in [2.75, 3.05) is 7.05 Å². The first-order chi connectivity index (χ1) is 12.8. The standard InChI is InChI=1S/C20H27N3O4/c1-12(2)8-13(10-18(24)25)19(26)23-17(20(27)21-3)9-14-11-22-16-7-5-4-6-15(14)16/h4-7,11-13,17,22H,8-10H2,1-3H3,(H,21,27)(H,23,26)(H,24,25)/t13-,17+/m1/s1. The van der Waals surface area contributed by atoms with Gasteiger partial charge in [0.05, 0.1) is 6.42 Å². The SMILES string of the molecule is CNC(=O)[C@H](Cc1c[nH]c2ccccc12)NC(=O)[C@@H](CC(=O)O)CC(C)C. The average molecular weight is 373 g/mol. The summed E-state index contributed by atoms with van der Waals surface area (Å²) in [5.41, 5.74) is 1.87. The first kappa shape index (κ1) is 20.5. The van der Waals surface area contributed by atoms with Crippen LogP contribution in [0.3, 0.4) is 0 Å². The summed E-state index contributed by atoms with van der Waals surface area (Å²) in [6, 6.07) is 6.96. The normalized spacial score (nSPS) is 13.3. The van der Waals surface area contributed by atoms with E-state index >= 15 is 0 Å². The summed E-state index contributed by atoms with van der Waals surface area (Å²) in [6.07, 6.45) is 2.34. The number of benzene rings is 1. The van der Waals surface area contributed by atoms with E-state index in [0.717, 1.165) is 16.5 Å². The minimum atomic E-state index is -1.02. The van der Waals surface area contributed by atoms with Crippen molar-refractivity contribution in [3.8, 4) is 0 Å². The van der Waals surface area contributed by atoms with E-state index in [1.54, 1.807) is 0 Å². The number of aromatic nitrogens is 1. The van der Waals surface area contributed by atoms with Crippen LogP contribution < -0.4 is 10.6 Å². The van der Waals surface area contributed by atoms with Gasteiger partial charge in [-0.25, -0.2) is 0 Å². The molecule has 1 heterocycles. The Morgan fingerprint density at radius 2 is 1.85 bits per heavy atom.